The molecule has 0 saturated carbocycles. The van der Waals surface area contributed by atoms with Gasteiger partial charge in [-0.15, -0.1) is 0 Å². The molecule has 2 N–H and O–H groups in total. The molecule has 112 valence electrons. The lowest BCUT2D eigenvalue weighted by Crippen LogP contribution is -2.33. The van der Waals surface area contributed by atoms with E-state index in [9.17, 15) is 4.79 Å². The molecular weight excluding hydrogens is 256 g/mol. The third-order valence-corrected chi connectivity index (χ3v) is 3.01. The summed E-state index contributed by atoms with van der Waals surface area (Å²) in [5.41, 5.74) is 0.904. The summed E-state index contributed by atoms with van der Waals surface area (Å²) in [6, 6.07) is 5.51. The molecule has 1 rings (SSSR count). The van der Waals surface area contributed by atoms with Crippen LogP contribution in [0.15, 0.2) is 18.2 Å². The highest BCUT2D eigenvalue weighted by atomic mass is 16.5. The number of ether oxygens (including phenoxy) is 2. The van der Waals surface area contributed by atoms with E-state index in [1.807, 2.05) is 25.2 Å². The number of amides is 1. The molecule has 1 aromatic carbocycles. The van der Waals surface area contributed by atoms with E-state index in [-0.39, 0.29) is 5.91 Å². The molecule has 0 spiro atoms. The summed E-state index contributed by atoms with van der Waals surface area (Å²) in [5, 5.41) is 6.02. The highest BCUT2D eigenvalue weighted by molar-refractivity contribution is 5.78. The third-order valence-electron chi connectivity index (χ3n) is 3.01. The first-order valence-corrected chi connectivity index (χ1v) is 6.72. The molecule has 5 nitrogen and oxygen atoms in total. The van der Waals surface area contributed by atoms with Crippen LogP contribution in [-0.2, 0) is 11.2 Å². The Morgan fingerprint density at radius 1 is 1.20 bits per heavy atom. The van der Waals surface area contributed by atoms with Crippen molar-refractivity contribution in [3.63, 3.8) is 0 Å². The Balaban J connectivity index is 2.53. The van der Waals surface area contributed by atoms with Gasteiger partial charge in [-0.3, -0.25) is 4.79 Å². The molecule has 1 atom stereocenters. The monoisotopic (exact) mass is 280 g/mol. The highest BCUT2D eigenvalue weighted by Gasteiger charge is 2.09. The van der Waals surface area contributed by atoms with Gasteiger partial charge in [0.05, 0.1) is 20.6 Å². The maximum absolute atomic E-state index is 11.9. The van der Waals surface area contributed by atoms with Crippen molar-refractivity contribution < 1.29 is 14.3 Å². The molecule has 0 fully saturated rings. The molecule has 1 amide bonds. The van der Waals surface area contributed by atoms with Gasteiger partial charge in [-0.25, -0.2) is 0 Å². The highest BCUT2D eigenvalue weighted by Crippen LogP contribution is 2.27. The summed E-state index contributed by atoms with van der Waals surface area (Å²) in [4.78, 5) is 11.9. The van der Waals surface area contributed by atoms with E-state index in [4.69, 9.17) is 9.47 Å². The van der Waals surface area contributed by atoms with Crippen molar-refractivity contribution in [1.82, 2.24) is 10.6 Å². The number of rotatable bonds is 8. The van der Waals surface area contributed by atoms with E-state index in [0.717, 1.165) is 12.1 Å². The lowest BCUT2D eigenvalue weighted by molar-refractivity contribution is -0.120. The molecular formula is C15H24N2O3. The Morgan fingerprint density at radius 3 is 2.50 bits per heavy atom. The minimum atomic E-state index is 0.0140. The van der Waals surface area contributed by atoms with Gasteiger partial charge in [0.15, 0.2) is 11.5 Å². The fourth-order valence-electron chi connectivity index (χ4n) is 1.95. The Kier molecular flexibility index (Phi) is 6.87. The normalized spacial score (nSPS) is 11.8. The number of benzene rings is 1. The average Bonchev–Trinajstić information content (AvgIpc) is 2.45. The Morgan fingerprint density at radius 2 is 1.90 bits per heavy atom. The van der Waals surface area contributed by atoms with Crippen LogP contribution in [0.3, 0.4) is 0 Å². The van der Waals surface area contributed by atoms with Crippen molar-refractivity contribution in [2.45, 2.75) is 13.3 Å². The van der Waals surface area contributed by atoms with Crippen LogP contribution in [0.5, 0.6) is 11.5 Å². The minimum absolute atomic E-state index is 0.0140. The summed E-state index contributed by atoms with van der Waals surface area (Å²) >= 11 is 0. The van der Waals surface area contributed by atoms with Crippen LogP contribution in [0.1, 0.15) is 12.5 Å². The van der Waals surface area contributed by atoms with Crippen molar-refractivity contribution >= 4 is 5.91 Å². The second kappa shape index (κ2) is 8.43. The topological polar surface area (TPSA) is 59.6 Å². The minimum Gasteiger partial charge on any atom is -0.493 e. The van der Waals surface area contributed by atoms with Crippen LogP contribution in [0.25, 0.3) is 0 Å². The summed E-state index contributed by atoms with van der Waals surface area (Å²) in [7, 11) is 5.08. The number of nitrogens with one attached hydrogen (secondary N) is 2. The lowest BCUT2D eigenvalue weighted by atomic mass is 10.1. The largest absolute Gasteiger partial charge is 0.493 e. The zero-order chi connectivity index (χ0) is 15.0. The van der Waals surface area contributed by atoms with Gasteiger partial charge in [0, 0.05) is 6.54 Å². The fourth-order valence-corrected chi connectivity index (χ4v) is 1.95. The van der Waals surface area contributed by atoms with Gasteiger partial charge in [0.2, 0.25) is 5.91 Å². The second-order valence-corrected chi connectivity index (χ2v) is 4.83. The van der Waals surface area contributed by atoms with E-state index >= 15 is 0 Å². The van der Waals surface area contributed by atoms with Gasteiger partial charge in [-0.2, -0.15) is 0 Å². The first-order valence-electron chi connectivity index (χ1n) is 6.72. The first kappa shape index (κ1) is 16.3. The molecule has 1 aromatic rings. The number of methoxy groups -OCH3 is 2. The third kappa shape index (κ3) is 5.09. The van der Waals surface area contributed by atoms with E-state index < -0.39 is 0 Å². The predicted molar refractivity (Wildman–Crippen MR) is 79.4 cm³/mol. The van der Waals surface area contributed by atoms with Crippen molar-refractivity contribution in [3.8, 4) is 11.5 Å². The van der Waals surface area contributed by atoms with Gasteiger partial charge < -0.3 is 20.1 Å². The van der Waals surface area contributed by atoms with Gasteiger partial charge in [0.1, 0.15) is 0 Å². The molecule has 0 bridgehead atoms. The molecule has 1 unspecified atom stereocenters. The Bertz CT molecular complexity index is 435. The average molecular weight is 280 g/mol. The molecule has 20 heavy (non-hydrogen) atoms. The van der Waals surface area contributed by atoms with E-state index in [2.05, 4.69) is 17.6 Å². The van der Waals surface area contributed by atoms with Crippen molar-refractivity contribution in [2.24, 2.45) is 5.92 Å². The van der Waals surface area contributed by atoms with Crippen LogP contribution >= 0.6 is 0 Å². The number of carbonyl (C=O) groups is 1. The lowest BCUT2D eigenvalue weighted by Gasteiger charge is -2.13. The molecule has 5 heteroatoms. The second-order valence-electron chi connectivity index (χ2n) is 4.83. The summed E-state index contributed by atoms with van der Waals surface area (Å²) in [6.45, 7) is 3.65. The maximum atomic E-state index is 11.9. The van der Waals surface area contributed by atoms with Crippen LogP contribution < -0.4 is 20.1 Å². The maximum Gasteiger partial charge on any atom is 0.224 e. The van der Waals surface area contributed by atoms with Gasteiger partial charge in [-0.1, -0.05) is 13.0 Å². The predicted octanol–water partition coefficient (Wildman–Crippen LogP) is 1.22. The molecule has 0 saturated heterocycles. The molecule has 0 aliphatic carbocycles. The van der Waals surface area contributed by atoms with Crippen molar-refractivity contribution in [1.29, 1.82) is 0 Å². The molecule has 0 heterocycles. The Labute approximate surface area is 120 Å². The van der Waals surface area contributed by atoms with Gasteiger partial charge >= 0.3 is 0 Å². The zero-order valence-electron chi connectivity index (χ0n) is 12.7. The van der Waals surface area contributed by atoms with Crippen LogP contribution in [-0.4, -0.2) is 40.3 Å². The first-order chi connectivity index (χ1) is 9.60. The number of hydrogen-bond donors (Lipinski definition) is 2. The van der Waals surface area contributed by atoms with Gasteiger partial charge in [0.25, 0.3) is 0 Å². The van der Waals surface area contributed by atoms with E-state index in [1.54, 1.807) is 14.2 Å². The van der Waals surface area contributed by atoms with E-state index in [0.29, 0.717) is 30.4 Å². The number of carbonyl (C=O) groups excluding carboxylic acids is 1. The molecule has 0 aliphatic heterocycles. The summed E-state index contributed by atoms with van der Waals surface area (Å²) in [5.74, 6) is 1.73. The standard InChI is InChI=1S/C15H24N2O3/c1-11(9-16-2)10-17-15(18)8-12-5-6-13(19-3)14(7-12)20-4/h5-7,11,16H,8-10H2,1-4H3,(H,17,18). The quantitative estimate of drug-likeness (QED) is 0.751. The molecule has 0 aromatic heterocycles. The Hall–Kier alpha value is -1.75. The van der Waals surface area contributed by atoms with Crippen LogP contribution in [0, 0.1) is 5.92 Å². The smallest absolute Gasteiger partial charge is 0.224 e. The summed E-state index contributed by atoms with van der Waals surface area (Å²) < 4.78 is 10.4. The molecule has 0 aliphatic rings. The van der Waals surface area contributed by atoms with Crippen LogP contribution in [0.2, 0.25) is 0 Å². The van der Waals surface area contributed by atoms with Gasteiger partial charge in [-0.05, 0) is 37.2 Å². The molecule has 0 radical (unpaired) electrons. The van der Waals surface area contributed by atoms with Crippen molar-refractivity contribution in [3.05, 3.63) is 23.8 Å². The number of hydrogen-bond acceptors (Lipinski definition) is 4. The van der Waals surface area contributed by atoms with Crippen molar-refractivity contribution in [2.75, 3.05) is 34.4 Å². The van der Waals surface area contributed by atoms with E-state index in [1.165, 1.54) is 0 Å². The SMILES string of the molecule is CNCC(C)CNC(=O)Cc1ccc(OC)c(OC)c1. The zero-order valence-corrected chi connectivity index (χ0v) is 12.7. The van der Waals surface area contributed by atoms with Crippen LogP contribution in [0.4, 0.5) is 0 Å². The summed E-state index contributed by atoms with van der Waals surface area (Å²) in [6.07, 6.45) is 0.340. The fraction of sp³-hybridized carbons (Fsp3) is 0.533.